The smallest absolute Gasteiger partial charge is 0.194 e. The van der Waals surface area contributed by atoms with Crippen molar-refractivity contribution in [3.8, 4) is 0 Å². The van der Waals surface area contributed by atoms with Gasteiger partial charge in [-0.1, -0.05) is 13.8 Å². The van der Waals surface area contributed by atoms with Crippen LogP contribution in [0, 0.1) is 11.8 Å². The summed E-state index contributed by atoms with van der Waals surface area (Å²) in [6, 6.07) is 0. The maximum Gasteiger partial charge on any atom is 0.194 e. The first-order valence-corrected chi connectivity index (χ1v) is 10.4. The largest absolute Gasteiger partial charge is 0.357 e. The van der Waals surface area contributed by atoms with Crippen LogP contribution in [0.25, 0.3) is 0 Å². The Balaban J connectivity index is 1.58. The first-order valence-electron chi connectivity index (χ1n) is 10.4. The summed E-state index contributed by atoms with van der Waals surface area (Å²) in [5, 5.41) is 3.49. The van der Waals surface area contributed by atoms with E-state index in [1.807, 2.05) is 6.20 Å². The van der Waals surface area contributed by atoms with Gasteiger partial charge in [0.1, 0.15) is 12.4 Å². The van der Waals surface area contributed by atoms with Crippen molar-refractivity contribution in [2.24, 2.45) is 16.8 Å². The monoisotopic (exact) mass is 360 g/mol. The van der Waals surface area contributed by atoms with Crippen LogP contribution in [0.4, 0.5) is 0 Å². The van der Waals surface area contributed by atoms with E-state index in [0.717, 1.165) is 43.9 Å². The van der Waals surface area contributed by atoms with E-state index >= 15 is 0 Å². The van der Waals surface area contributed by atoms with Crippen LogP contribution in [0.1, 0.15) is 45.9 Å². The Hall–Kier alpha value is -1.56. The molecule has 0 aromatic carbocycles. The maximum atomic E-state index is 4.91. The summed E-state index contributed by atoms with van der Waals surface area (Å²) in [6.45, 7) is 15.3. The van der Waals surface area contributed by atoms with Crippen LogP contribution in [-0.4, -0.2) is 64.6 Å². The fourth-order valence-electron chi connectivity index (χ4n) is 4.13. The van der Waals surface area contributed by atoms with Crippen molar-refractivity contribution in [3.05, 3.63) is 18.2 Å². The maximum absolute atomic E-state index is 4.91. The minimum Gasteiger partial charge on any atom is -0.357 e. The van der Waals surface area contributed by atoms with Gasteiger partial charge in [0, 0.05) is 45.1 Å². The molecule has 0 aliphatic carbocycles. The van der Waals surface area contributed by atoms with Gasteiger partial charge in [0.05, 0.1) is 0 Å². The van der Waals surface area contributed by atoms with Gasteiger partial charge < -0.3 is 19.7 Å². The van der Waals surface area contributed by atoms with Gasteiger partial charge in [-0.3, -0.25) is 0 Å². The lowest BCUT2D eigenvalue weighted by Gasteiger charge is -2.23. The van der Waals surface area contributed by atoms with Crippen LogP contribution in [-0.2, 0) is 13.1 Å². The molecule has 26 heavy (non-hydrogen) atoms. The van der Waals surface area contributed by atoms with Crippen LogP contribution in [0.15, 0.2) is 17.4 Å². The van der Waals surface area contributed by atoms with E-state index in [0.29, 0.717) is 12.5 Å². The molecule has 3 rings (SSSR count). The lowest BCUT2D eigenvalue weighted by molar-refractivity contribution is 0.281. The lowest BCUT2D eigenvalue weighted by Crippen LogP contribution is -2.40. The number of imidazole rings is 1. The van der Waals surface area contributed by atoms with Crippen LogP contribution in [0.5, 0.6) is 0 Å². The zero-order chi connectivity index (χ0) is 18.4. The van der Waals surface area contributed by atoms with Crippen LogP contribution >= 0.6 is 0 Å². The normalized spacial score (nSPS) is 21.9. The first kappa shape index (κ1) is 19.2. The molecule has 1 unspecified atom stereocenters. The standard InChI is InChI=1S/C20H36N6/c1-4-21-20(23-13-19-22-8-12-25(19)14-17(2)3)26-11-7-18(16-26)15-24-9-5-6-10-24/h8,12,17-18H,4-7,9-11,13-16H2,1-3H3,(H,21,23). The van der Waals surface area contributed by atoms with Crippen molar-refractivity contribution < 1.29 is 0 Å². The van der Waals surface area contributed by atoms with Gasteiger partial charge in [-0.2, -0.15) is 0 Å². The average molecular weight is 361 g/mol. The fourth-order valence-corrected chi connectivity index (χ4v) is 4.13. The number of nitrogens with zero attached hydrogens (tertiary/aromatic N) is 5. The SMILES string of the molecule is CCNC(=NCc1nccn1CC(C)C)N1CCC(CN2CCCC2)C1. The molecule has 146 valence electrons. The van der Waals surface area contributed by atoms with E-state index in [9.17, 15) is 0 Å². The molecule has 0 bridgehead atoms. The third-order valence-electron chi connectivity index (χ3n) is 5.37. The molecule has 1 aromatic heterocycles. The quantitative estimate of drug-likeness (QED) is 0.599. The molecule has 1 aromatic rings. The van der Waals surface area contributed by atoms with E-state index in [1.165, 1.54) is 38.9 Å². The summed E-state index contributed by atoms with van der Waals surface area (Å²) in [4.78, 5) is 14.5. The Labute approximate surface area is 158 Å². The predicted molar refractivity (Wildman–Crippen MR) is 107 cm³/mol. The zero-order valence-corrected chi connectivity index (χ0v) is 16.8. The molecule has 0 radical (unpaired) electrons. The van der Waals surface area contributed by atoms with E-state index < -0.39 is 0 Å². The average Bonchev–Trinajstić information content (AvgIpc) is 3.34. The summed E-state index contributed by atoms with van der Waals surface area (Å²) >= 11 is 0. The lowest BCUT2D eigenvalue weighted by atomic mass is 10.1. The number of guanidine groups is 1. The number of hydrogen-bond donors (Lipinski definition) is 1. The minimum atomic E-state index is 0.616. The Morgan fingerprint density at radius 1 is 1.31 bits per heavy atom. The molecule has 3 heterocycles. The Bertz CT molecular complexity index is 573. The molecule has 0 saturated carbocycles. The summed E-state index contributed by atoms with van der Waals surface area (Å²) < 4.78 is 2.23. The van der Waals surface area contributed by atoms with Crippen LogP contribution in [0.3, 0.4) is 0 Å². The molecule has 0 spiro atoms. The first-order chi connectivity index (χ1) is 12.7. The molecule has 0 amide bonds. The molecule has 6 nitrogen and oxygen atoms in total. The van der Waals surface area contributed by atoms with Crippen molar-refractivity contribution in [2.75, 3.05) is 39.3 Å². The molecule has 1 N–H and O–H groups in total. The molecule has 2 saturated heterocycles. The Kier molecular flexibility index (Phi) is 6.94. The number of likely N-dealkylation sites (tertiary alicyclic amines) is 2. The number of nitrogens with one attached hydrogen (secondary N) is 1. The van der Waals surface area contributed by atoms with Gasteiger partial charge in [0.15, 0.2) is 5.96 Å². The van der Waals surface area contributed by atoms with Crippen molar-refractivity contribution in [2.45, 2.75) is 53.1 Å². The van der Waals surface area contributed by atoms with E-state index in [-0.39, 0.29) is 0 Å². The topological polar surface area (TPSA) is 48.7 Å². The fraction of sp³-hybridized carbons (Fsp3) is 0.800. The van der Waals surface area contributed by atoms with E-state index in [4.69, 9.17) is 4.99 Å². The highest BCUT2D eigenvalue weighted by atomic mass is 15.3. The van der Waals surface area contributed by atoms with E-state index in [2.05, 4.69) is 51.6 Å². The second-order valence-electron chi connectivity index (χ2n) is 8.17. The molecule has 2 fully saturated rings. The number of rotatable bonds is 7. The highest BCUT2D eigenvalue weighted by Gasteiger charge is 2.27. The van der Waals surface area contributed by atoms with Crippen molar-refractivity contribution >= 4 is 5.96 Å². The Morgan fingerprint density at radius 3 is 2.85 bits per heavy atom. The van der Waals surface area contributed by atoms with Crippen LogP contribution in [0.2, 0.25) is 0 Å². The molecular weight excluding hydrogens is 324 g/mol. The third-order valence-corrected chi connectivity index (χ3v) is 5.37. The van der Waals surface area contributed by atoms with Crippen LogP contribution < -0.4 is 5.32 Å². The number of aromatic nitrogens is 2. The number of aliphatic imine (C=N–C) groups is 1. The third kappa shape index (κ3) is 5.22. The molecule has 1 atom stereocenters. The highest BCUT2D eigenvalue weighted by molar-refractivity contribution is 5.80. The van der Waals surface area contributed by atoms with Gasteiger partial charge >= 0.3 is 0 Å². The molecule has 2 aliphatic rings. The summed E-state index contributed by atoms with van der Waals surface area (Å²) in [5.41, 5.74) is 0. The van der Waals surface area contributed by atoms with Gasteiger partial charge in [-0.05, 0) is 51.1 Å². The second kappa shape index (κ2) is 9.40. The minimum absolute atomic E-state index is 0.616. The Morgan fingerprint density at radius 2 is 2.12 bits per heavy atom. The van der Waals surface area contributed by atoms with Gasteiger partial charge in [-0.15, -0.1) is 0 Å². The molecular formula is C20H36N6. The van der Waals surface area contributed by atoms with E-state index in [1.54, 1.807) is 0 Å². The van der Waals surface area contributed by atoms with Gasteiger partial charge in [-0.25, -0.2) is 9.98 Å². The van der Waals surface area contributed by atoms with Crippen molar-refractivity contribution in [1.82, 2.24) is 24.7 Å². The number of hydrogen-bond acceptors (Lipinski definition) is 3. The molecule has 6 heteroatoms. The summed E-state index contributed by atoms with van der Waals surface area (Å²) in [7, 11) is 0. The predicted octanol–water partition coefficient (Wildman–Crippen LogP) is 2.42. The second-order valence-corrected chi connectivity index (χ2v) is 8.17. The summed E-state index contributed by atoms with van der Waals surface area (Å²) in [6.07, 6.45) is 8.00. The molecule has 2 aliphatic heterocycles. The van der Waals surface area contributed by atoms with Gasteiger partial charge in [0.2, 0.25) is 0 Å². The zero-order valence-electron chi connectivity index (χ0n) is 16.8. The van der Waals surface area contributed by atoms with Gasteiger partial charge in [0.25, 0.3) is 0 Å². The van der Waals surface area contributed by atoms with Crippen molar-refractivity contribution in [3.63, 3.8) is 0 Å². The summed E-state index contributed by atoms with van der Waals surface area (Å²) in [5.74, 6) is 3.50. The van der Waals surface area contributed by atoms with Crippen molar-refractivity contribution in [1.29, 1.82) is 0 Å². The highest BCUT2D eigenvalue weighted by Crippen LogP contribution is 2.20.